The Balaban J connectivity index is 1.61. The summed E-state index contributed by atoms with van der Waals surface area (Å²) in [6, 6.07) is 17.6. The van der Waals surface area contributed by atoms with E-state index in [2.05, 4.69) is 5.32 Å². The molecule has 3 rings (SSSR count). The lowest BCUT2D eigenvalue weighted by Gasteiger charge is -2.07. The molecule has 108 valence electrons. The fourth-order valence-corrected chi connectivity index (χ4v) is 2.15. The smallest absolute Gasteiger partial charge is 0.134 e. The summed E-state index contributed by atoms with van der Waals surface area (Å²) >= 11 is 0. The van der Waals surface area contributed by atoms with Crippen LogP contribution in [0.25, 0.3) is 11.0 Å². The van der Waals surface area contributed by atoms with E-state index >= 15 is 0 Å². The zero-order chi connectivity index (χ0) is 14.5. The maximum Gasteiger partial charge on any atom is 0.134 e. The molecule has 0 bridgehead atoms. The molecule has 3 aromatic rings. The average molecular weight is 283 g/mol. The molecule has 0 aliphatic rings. The number of hydrogen-bond donors (Lipinski definition) is 2. The molecule has 2 aromatic carbocycles. The number of fused-ring (bicyclic) bond motifs is 1. The van der Waals surface area contributed by atoms with Gasteiger partial charge in [-0.1, -0.05) is 18.2 Å². The molecule has 0 radical (unpaired) electrons. The minimum Gasteiger partial charge on any atom is -0.491 e. The van der Waals surface area contributed by atoms with E-state index in [0.29, 0.717) is 13.2 Å². The summed E-state index contributed by atoms with van der Waals surface area (Å²) in [5.74, 6) is 1.65. The zero-order valence-corrected chi connectivity index (χ0v) is 11.6. The zero-order valence-electron chi connectivity index (χ0n) is 11.6. The number of nitrogens with one attached hydrogen (secondary N) is 1. The molecule has 1 heterocycles. The highest BCUT2D eigenvalue weighted by molar-refractivity contribution is 5.77. The fraction of sp³-hybridized carbons (Fsp3) is 0.176. The number of aliphatic hydroxyl groups is 1. The average Bonchev–Trinajstić information content (AvgIpc) is 2.95. The van der Waals surface area contributed by atoms with Crippen LogP contribution in [0, 0.1) is 0 Å². The van der Waals surface area contributed by atoms with Crippen LogP contribution < -0.4 is 10.1 Å². The van der Waals surface area contributed by atoms with Gasteiger partial charge in [0.05, 0.1) is 13.2 Å². The second-order valence-electron chi connectivity index (χ2n) is 4.70. The molecule has 1 aromatic heterocycles. The summed E-state index contributed by atoms with van der Waals surface area (Å²) in [5, 5.41) is 13.1. The summed E-state index contributed by atoms with van der Waals surface area (Å²) in [6.07, 6.45) is 0. The van der Waals surface area contributed by atoms with Gasteiger partial charge in [-0.05, 0) is 36.4 Å². The number of hydrogen-bond acceptors (Lipinski definition) is 4. The van der Waals surface area contributed by atoms with Crippen molar-refractivity contribution in [2.45, 2.75) is 6.54 Å². The van der Waals surface area contributed by atoms with Crippen molar-refractivity contribution >= 4 is 16.7 Å². The lowest BCUT2D eigenvalue weighted by molar-refractivity contribution is 0.201. The molecule has 0 spiro atoms. The molecule has 0 saturated carbocycles. The Morgan fingerprint density at radius 1 is 1.05 bits per heavy atom. The standard InChI is InChI=1S/C17H17NO3/c19-9-10-20-15-7-5-14(6-8-15)18-12-16-11-13-3-1-2-4-17(13)21-16/h1-8,11,18-19H,9-10,12H2. The first-order valence-corrected chi connectivity index (χ1v) is 6.90. The van der Waals surface area contributed by atoms with Gasteiger partial charge in [0, 0.05) is 11.1 Å². The van der Waals surface area contributed by atoms with Gasteiger partial charge in [0.25, 0.3) is 0 Å². The van der Waals surface area contributed by atoms with E-state index < -0.39 is 0 Å². The van der Waals surface area contributed by atoms with E-state index in [-0.39, 0.29) is 6.61 Å². The van der Waals surface area contributed by atoms with E-state index in [9.17, 15) is 0 Å². The third-order valence-electron chi connectivity index (χ3n) is 3.16. The Bertz CT molecular complexity index is 670. The Hall–Kier alpha value is -2.46. The van der Waals surface area contributed by atoms with Gasteiger partial charge in [-0.3, -0.25) is 0 Å². The number of rotatable bonds is 6. The van der Waals surface area contributed by atoms with Crippen molar-refractivity contribution in [2.75, 3.05) is 18.5 Å². The molecule has 4 nitrogen and oxygen atoms in total. The van der Waals surface area contributed by atoms with Gasteiger partial charge in [0.2, 0.25) is 0 Å². The third kappa shape index (κ3) is 3.35. The lowest BCUT2D eigenvalue weighted by atomic mass is 10.2. The van der Waals surface area contributed by atoms with Crippen LogP contribution in [0.4, 0.5) is 5.69 Å². The predicted octanol–water partition coefficient (Wildman–Crippen LogP) is 3.42. The van der Waals surface area contributed by atoms with E-state index in [1.807, 2.05) is 54.6 Å². The minimum atomic E-state index is 0.0199. The Morgan fingerprint density at radius 2 is 1.86 bits per heavy atom. The SMILES string of the molecule is OCCOc1ccc(NCc2cc3ccccc3o2)cc1. The van der Waals surface area contributed by atoms with Crippen molar-refractivity contribution in [1.82, 2.24) is 0 Å². The number of benzene rings is 2. The fourth-order valence-electron chi connectivity index (χ4n) is 2.15. The molecule has 0 aliphatic carbocycles. The lowest BCUT2D eigenvalue weighted by Crippen LogP contribution is -2.02. The number of para-hydroxylation sites is 1. The topological polar surface area (TPSA) is 54.6 Å². The van der Waals surface area contributed by atoms with Crippen LogP contribution in [0.15, 0.2) is 59.0 Å². The molecule has 0 saturated heterocycles. The van der Waals surface area contributed by atoms with Crippen molar-refractivity contribution in [3.8, 4) is 5.75 Å². The van der Waals surface area contributed by atoms with Crippen LogP contribution >= 0.6 is 0 Å². The van der Waals surface area contributed by atoms with Gasteiger partial charge in [0.15, 0.2) is 0 Å². The second-order valence-corrected chi connectivity index (χ2v) is 4.70. The van der Waals surface area contributed by atoms with Gasteiger partial charge in [-0.25, -0.2) is 0 Å². The van der Waals surface area contributed by atoms with Crippen molar-refractivity contribution in [2.24, 2.45) is 0 Å². The van der Waals surface area contributed by atoms with Gasteiger partial charge in [-0.15, -0.1) is 0 Å². The van der Waals surface area contributed by atoms with Gasteiger partial charge in [-0.2, -0.15) is 0 Å². The third-order valence-corrected chi connectivity index (χ3v) is 3.16. The summed E-state index contributed by atoms with van der Waals surface area (Å²) in [4.78, 5) is 0. The molecule has 0 fully saturated rings. The Kier molecular flexibility index (Phi) is 4.07. The van der Waals surface area contributed by atoms with Gasteiger partial charge < -0.3 is 19.6 Å². The summed E-state index contributed by atoms with van der Waals surface area (Å²) < 4.78 is 11.1. The maximum atomic E-state index is 8.70. The maximum absolute atomic E-state index is 8.70. The highest BCUT2D eigenvalue weighted by atomic mass is 16.5. The van der Waals surface area contributed by atoms with Crippen molar-refractivity contribution in [3.63, 3.8) is 0 Å². The quantitative estimate of drug-likeness (QED) is 0.728. The Morgan fingerprint density at radius 3 is 2.62 bits per heavy atom. The summed E-state index contributed by atoms with van der Waals surface area (Å²) in [7, 11) is 0. The highest BCUT2D eigenvalue weighted by Gasteiger charge is 2.02. The molecule has 4 heteroatoms. The number of furan rings is 1. The summed E-state index contributed by atoms with van der Waals surface area (Å²) in [5.41, 5.74) is 1.90. The Labute approximate surface area is 123 Å². The van der Waals surface area contributed by atoms with E-state index in [1.54, 1.807) is 0 Å². The van der Waals surface area contributed by atoms with Crippen LogP contribution in [0.2, 0.25) is 0 Å². The molecular formula is C17H17NO3. The van der Waals surface area contributed by atoms with Crippen molar-refractivity contribution in [3.05, 3.63) is 60.4 Å². The molecule has 0 unspecified atom stereocenters. The summed E-state index contributed by atoms with van der Waals surface area (Å²) in [6.45, 7) is 0.962. The van der Waals surface area contributed by atoms with E-state index in [4.69, 9.17) is 14.3 Å². The normalized spacial score (nSPS) is 10.7. The number of aliphatic hydroxyl groups excluding tert-OH is 1. The first-order chi connectivity index (χ1) is 10.3. The van der Waals surface area contributed by atoms with Gasteiger partial charge >= 0.3 is 0 Å². The molecular weight excluding hydrogens is 266 g/mol. The van der Waals surface area contributed by atoms with Crippen LogP contribution in [0.5, 0.6) is 5.75 Å². The molecule has 0 amide bonds. The van der Waals surface area contributed by atoms with Crippen molar-refractivity contribution in [1.29, 1.82) is 0 Å². The van der Waals surface area contributed by atoms with Gasteiger partial charge in [0.1, 0.15) is 23.7 Å². The largest absolute Gasteiger partial charge is 0.491 e. The van der Waals surface area contributed by atoms with Crippen LogP contribution in [0.3, 0.4) is 0 Å². The van der Waals surface area contributed by atoms with Crippen LogP contribution in [-0.4, -0.2) is 18.3 Å². The predicted molar refractivity (Wildman–Crippen MR) is 82.6 cm³/mol. The second kappa shape index (κ2) is 6.33. The molecule has 0 aliphatic heterocycles. The number of anilines is 1. The number of ether oxygens (including phenoxy) is 1. The highest BCUT2D eigenvalue weighted by Crippen LogP contribution is 2.20. The first-order valence-electron chi connectivity index (χ1n) is 6.90. The van der Waals surface area contributed by atoms with Crippen molar-refractivity contribution < 1.29 is 14.3 Å². The molecule has 2 N–H and O–H groups in total. The monoisotopic (exact) mass is 283 g/mol. The first kappa shape index (κ1) is 13.5. The molecule has 0 atom stereocenters. The van der Waals surface area contributed by atoms with Crippen LogP contribution in [0.1, 0.15) is 5.76 Å². The van der Waals surface area contributed by atoms with E-state index in [0.717, 1.165) is 28.2 Å². The minimum absolute atomic E-state index is 0.0199. The van der Waals surface area contributed by atoms with E-state index in [1.165, 1.54) is 0 Å². The molecule has 21 heavy (non-hydrogen) atoms. The van der Waals surface area contributed by atoms with Crippen LogP contribution in [-0.2, 0) is 6.54 Å².